The van der Waals surface area contributed by atoms with Crippen LogP contribution in [-0.4, -0.2) is 18.1 Å². The van der Waals surface area contributed by atoms with Crippen LogP contribution in [0.1, 0.15) is 42.7 Å². The number of nitrogens with two attached hydrogens (primary N) is 1. The van der Waals surface area contributed by atoms with E-state index >= 15 is 0 Å². The molecule has 1 fully saturated rings. The van der Waals surface area contributed by atoms with Crippen molar-refractivity contribution in [1.82, 2.24) is 10.3 Å². The minimum Gasteiger partial charge on any atom is -0.330 e. The number of rotatable bonds is 5. The van der Waals surface area contributed by atoms with Gasteiger partial charge < -0.3 is 11.1 Å². The van der Waals surface area contributed by atoms with Crippen molar-refractivity contribution >= 4 is 11.3 Å². The fraction of sp³-hybridized carbons (Fsp3) is 0.769. The highest BCUT2D eigenvalue weighted by Gasteiger charge is 2.29. The third kappa shape index (κ3) is 3.27. The van der Waals surface area contributed by atoms with Gasteiger partial charge >= 0.3 is 0 Å². The summed E-state index contributed by atoms with van der Waals surface area (Å²) in [5.74, 6) is 0. The minimum atomic E-state index is 0.358. The molecule has 0 aliphatic heterocycles. The lowest BCUT2D eigenvalue weighted by Crippen LogP contribution is -2.41. The van der Waals surface area contributed by atoms with E-state index in [9.17, 15) is 0 Å². The first-order chi connectivity index (χ1) is 8.26. The molecule has 3 N–H and O–H groups in total. The van der Waals surface area contributed by atoms with Gasteiger partial charge in [0.15, 0.2) is 0 Å². The standard InChI is InChI=1S/C13H23N3S/c1-11-12(17-10-16-11)7-15-9-13(8-14)5-3-2-4-6-13/h10,15H,2-9,14H2,1H3. The molecule has 0 radical (unpaired) electrons. The number of nitrogens with zero attached hydrogens (tertiary/aromatic N) is 1. The Kier molecular flexibility index (Phi) is 4.54. The molecule has 3 nitrogen and oxygen atoms in total. The molecular weight excluding hydrogens is 230 g/mol. The van der Waals surface area contributed by atoms with Crippen molar-refractivity contribution in [2.75, 3.05) is 13.1 Å². The number of nitrogens with one attached hydrogen (secondary N) is 1. The molecule has 96 valence electrons. The quantitative estimate of drug-likeness (QED) is 0.847. The number of aryl methyl sites for hydroxylation is 1. The van der Waals surface area contributed by atoms with Crippen molar-refractivity contribution in [1.29, 1.82) is 0 Å². The summed E-state index contributed by atoms with van der Waals surface area (Å²) in [6.07, 6.45) is 6.66. The second kappa shape index (κ2) is 5.94. The highest BCUT2D eigenvalue weighted by molar-refractivity contribution is 7.09. The van der Waals surface area contributed by atoms with Gasteiger partial charge in [-0.05, 0) is 31.7 Å². The molecule has 1 saturated carbocycles. The molecule has 0 atom stereocenters. The van der Waals surface area contributed by atoms with Crippen LogP contribution in [0.2, 0.25) is 0 Å². The lowest BCUT2D eigenvalue weighted by atomic mass is 9.74. The van der Waals surface area contributed by atoms with Crippen LogP contribution >= 0.6 is 11.3 Å². The van der Waals surface area contributed by atoms with Gasteiger partial charge in [-0.15, -0.1) is 11.3 Å². The van der Waals surface area contributed by atoms with E-state index in [0.717, 1.165) is 25.3 Å². The van der Waals surface area contributed by atoms with E-state index in [1.807, 2.05) is 5.51 Å². The second-order valence-corrected chi connectivity index (χ2v) is 6.17. The summed E-state index contributed by atoms with van der Waals surface area (Å²) in [6.45, 7) is 4.90. The van der Waals surface area contributed by atoms with Crippen molar-refractivity contribution in [3.8, 4) is 0 Å². The molecule has 0 unspecified atom stereocenters. The molecule has 0 amide bonds. The molecule has 0 saturated heterocycles. The number of hydrogen-bond donors (Lipinski definition) is 2. The fourth-order valence-corrected chi connectivity index (χ4v) is 3.44. The largest absolute Gasteiger partial charge is 0.330 e. The van der Waals surface area contributed by atoms with Gasteiger partial charge in [0.05, 0.1) is 11.2 Å². The van der Waals surface area contributed by atoms with Crippen LogP contribution in [0.4, 0.5) is 0 Å². The van der Waals surface area contributed by atoms with Crippen molar-refractivity contribution in [3.63, 3.8) is 0 Å². The van der Waals surface area contributed by atoms with Gasteiger partial charge in [-0.1, -0.05) is 19.3 Å². The van der Waals surface area contributed by atoms with Gasteiger partial charge in [0.25, 0.3) is 0 Å². The number of aromatic nitrogens is 1. The molecule has 4 heteroatoms. The van der Waals surface area contributed by atoms with E-state index in [4.69, 9.17) is 5.73 Å². The van der Waals surface area contributed by atoms with Gasteiger partial charge in [-0.3, -0.25) is 0 Å². The predicted molar refractivity (Wildman–Crippen MR) is 73.1 cm³/mol. The Morgan fingerprint density at radius 2 is 2.18 bits per heavy atom. The fourth-order valence-electron chi connectivity index (χ4n) is 2.69. The van der Waals surface area contributed by atoms with Gasteiger partial charge in [-0.2, -0.15) is 0 Å². The lowest BCUT2D eigenvalue weighted by molar-refractivity contribution is 0.191. The summed E-state index contributed by atoms with van der Waals surface area (Å²) in [7, 11) is 0. The second-order valence-electron chi connectivity index (χ2n) is 5.23. The SMILES string of the molecule is Cc1ncsc1CNCC1(CN)CCCCC1. The average molecular weight is 253 g/mol. The topological polar surface area (TPSA) is 50.9 Å². The summed E-state index contributed by atoms with van der Waals surface area (Å²) >= 11 is 1.74. The third-order valence-electron chi connectivity index (χ3n) is 3.98. The summed E-state index contributed by atoms with van der Waals surface area (Å²) < 4.78 is 0. The highest BCUT2D eigenvalue weighted by Crippen LogP contribution is 2.34. The van der Waals surface area contributed by atoms with E-state index in [0.29, 0.717) is 5.41 Å². The van der Waals surface area contributed by atoms with Crippen LogP contribution in [0.25, 0.3) is 0 Å². The zero-order valence-corrected chi connectivity index (χ0v) is 11.5. The van der Waals surface area contributed by atoms with Crippen LogP contribution in [0.15, 0.2) is 5.51 Å². The van der Waals surface area contributed by atoms with Crippen molar-refractivity contribution in [2.45, 2.75) is 45.6 Å². The number of thiazole rings is 1. The highest BCUT2D eigenvalue weighted by atomic mass is 32.1. The van der Waals surface area contributed by atoms with Crippen molar-refractivity contribution in [3.05, 3.63) is 16.1 Å². The Balaban J connectivity index is 1.82. The molecule has 1 aliphatic rings. The first kappa shape index (κ1) is 13.0. The molecule has 17 heavy (non-hydrogen) atoms. The Bertz CT molecular complexity index is 342. The summed E-state index contributed by atoms with van der Waals surface area (Å²) in [5.41, 5.74) is 9.42. The molecule has 0 aromatic carbocycles. The molecule has 1 aliphatic carbocycles. The Morgan fingerprint density at radius 1 is 1.41 bits per heavy atom. The maximum atomic E-state index is 5.98. The molecule has 1 aromatic heterocycles. The molecule has 1 heterocycles. The minimum absolute atomic E-state index is 0.358. The van der Waals surface area contributed by atoms with Gasteiger partial charge in [-0.25, -0.2) is 4.98 Å². The Hall–Kier alpha value is -0.450. The summed E-state index contributed by atoms with van der Waals surface area (Å²) in [4.78, 5) is 5.63. The van der Waals surface area contributed by atoms with E-state index in [1.165, 1.54) is 37.0 Å². The normalized spacial score (nSPS) is 19.4. The van der Waals surface area contributed by atoms with Gasteiger partial charge in [0.2, 0.25) is 0 Å². The first-order valence-corrected chi connectivity index (χ1v) is 7.43. The molecule has 0 bridgehead atoms. The zero-order chi connectivity index (χ0) is 12.1. The Morgan fingerprint density at radius 3 is 2.76 bits per heavy atom. The summed E-state index contributed by atoms with van der Waals surface area (Å²) in [5, 5.41) is 3.58. The van der Waals surface area contributed by atoms with E-state index in [1.54, 1.807) is 11.3 Å². The van der Waals surface area contributed by atoms with Gasteiger partial charge in [0, 0.05) is 18.0 Å². The van der Waals surface area contributed by atoms with Gasteiger partial charge in [0.1, 0.15) is 0 Å². The predicted octanol–water partition coefficient (Wildman–Crippen LogP) is 2.45. The van der Waals surface area contributed by atoms with Crippen LogP contribution < -0.4 is 11.1 Å². The van der Waals surface area contributed by atoms with Crippen LogP contribution in [0.5, 0.6) is 0 Å². The third-order valence-corrected chi connectivity index (χ3v) is 4.91. The molecular formula is C13H23N3S. The van der Waals surface area contributed by atoms with E-state index in [-0.39, 0.29) is 0 Å². The van der Waals surface area contributed by atoms with Crippen LogP contribution in [-0.2, 0) is 6.54 Å². The summed E-state index contributed by atoms with van der Waals surface area (Å²) in [6, 6.07) is 0. The molecule has 2 rings (SSSR count). The van der Waals surface area contributed by atoms with E-state index in [2.05, 4.69) is 17.2 Å². The first-order valence-electron chi connectivity index (χ1n) is 6.55. The Labute approximate surface area is 108 Å². The maximum absolute atomic E-state index is 5.98. The monoisotopic (exact) mass is 253 g/mol. The number of hydrogen-bond acceptors (Lipinski definition) is 4. The van der Waals surface area contributed by atoms with Crippen molar-refractivity contribution in [2.24, 2.45) is 11.1 Å². The smallest absolute Gasteiger partial charge is 0.0798 e. The van der Waals surface area contributed by atoms with Crippen LogP contribution in [0, 0.1) is 12.3 Å². The molecule has 0 spiro atoms. The zero-order valence-electron chi connectivity index (χ0n) is 10.7. The lowest BCUT2D eigenvalue weighted by Gasteiger charge is -2.36. The molecule has 1 aromatic rings. The van der Waals surface area contributed by atoms with Crippen molar-refractivity contribution < 1.29 is 0 Å². The van der Waals surface area contributed by atoms with Crippen LogP contribution in [0.3, 0.4) is 0 Å². The maximum Gasteiger partial charge on any atom is 0.0798 e. The van der Waals surface area contributed by atoms with E-state index < -0.39 is 0 Å². The average Bonchev–Trinajstić information content (AvgIpc) is 2.76.